The van der Waals surface area contributed by atoms with E-state index in [9.17, 15) is 25.0 Å². The van der Waals surface area contributed by atoms with Crippen LogP contribution in [0.1, 0.15) is 29.2 Å². The van der Waals surface area contributed by atoms with Crippen LogP contribution in [0.2, 0.25) is 0 Å². The monoisotopic (exact) mass is 593 g/mol. The molecule has 1 fully saturated rings. The van der Waals surface area contributed by atoms with E-state index in [-0.39, 0.29) is 23.7 Å². The van der Waals surface area contributed by atoms with Crippen molar-refractivity contribution in [1.82, 2.24) is 4.90 Å². The predicted octanol–water partition coefficient (Wildman–Crippen LogP) is 6.44. The molecule has 0 spiro atoms. The minimum absolute atomic E-state index is 0.0749. The van der Waals surface area contributed by atoms with Gasteiger partial charge < -0.3 is 9.47 Å². The lowest BCUT2D eigenvalue weighted by atomic mass is 10.1. The van der Waals surface area contributed by atoms with E-state index in [2.05, 4.69) is 22.0 Å². The second kappa shape index (κ2) is 11.9. The van der Waals surface area contributed by atoms with Crippen LogP contribution in [-0.2, 0) is 17.9 Å². The van der Waals surface area contributed by atoms with Gasteiger partial charge >= 0.3 is 0 Å². The number of hydrogen-bond donors (Lipinski definition) is 0. The molecule has 1 saturated heterocycles. The SMILES string of the molecule is CCOc1cc(/C=C2/SC(=O)N(Cc3cccc([N+](=O)[O-])c3)C2=O)cc(Br)c1OCc1ccccc1C#N. The van der Waals surface area contributed by atoms with Gasteiger partial charge in [0.15, 0.2) is 11.5 Å². The van der Waals surface area contributed by atoms with Gasteiger partial charge in [0.05, 0.1) is 39.1 Å². The Kier molecular flexibility index (Phi) is 8.45. The van der Waals surface area contributed by atoms with E-state index >= 15 is 0 Å². The fourth-order valence-corrected chi connectivity index (χ4v) is 5.13. The number of nitriles is 1. The van der Waals surface area contributed by atoms with E-state index in [1.807, 2.05) is 19.1 Å². The van der Waals surface area contributed by atoms with E-state index in [0.717, 1.165) is 22.2 Å². The Morgan fingerprint density at radius 1 is 1.13 bits per heavy atom. The van der Waals surface area contributed by atoms with Crippen molar-refractivity contribution in [3.05, 3.63) is 102 Å². The Morgan fingerprint density at radius 2 is 1.92 bits per heavy atom. The molecule has 0 saturated carbocycles. The number of nitro groups is 1. The summed E-state index contributed by atoms with van der Waals surface area (Å²) in [6.07, 6.45) is 1.58. The van der Waals surface area contributed by atoms with E-state index in [4.69, 9.17) is 9.47 Å². The molecular weight excluding hydrogens is 574 g/mol. The van der Waals surface area contributed by atoms with Crippen molar-refractivity contribution >= 4 is 50.6 Å². The zero-order chi connectivity index (χ0) is 27.2. The Labute approximate surface area is 230 Å². The molecule has 0 bridgehead atoms. The summed E-state index contributed by atoms with van der Waals surface area (Å²) in [7, 11) is 0. The van der Waals surface area contributed by atoms with Gasteiger partial charge in [-0.15, -0.1) is 0 Å². The fourth-order valence-electron chi connectivity index (χ4n) is 3.72. The molecule has 0 N–H and O–H groups in total. The molecule has 1 heterocycles. The van der Waals surface area contributed by atoms with E-state index in [0.29, 0.717) is 39.3 Å². The molecule has 4 rings (SSSR count). The van der Waals surface area contributed by atoms with Crippen molar-refractivity contribution in [2.24, 2.45) is 0 Å². The van der Waals surface area contributed by atoms with Crippen LogP contribution in [0, 0.1) is 21.4 Å². The number of carbonyl (C=O) groups is 2. The quantitative estimate of drug-likeness (QED) is 0.158. The first-order valence-electron chi connectivity index (χ1n) is 11.4. The van der Waals surface area contributed by atoms with Gasteiger partial charge in [0, 0.05) is 17.7 Å². The van der Waals surface area contributed by atoms with Crippen LogP contribution < -0.4 is 9.47 Å². The molecule has 2 amide bonds. The van der Waals surface area contributed by atoms with Crippen molar-refractivity contribution in [3.8, 4) is 17.6 Å². The number of nitro benzene ring substituents is 1. The Hall–Kier alpha value is -4.14. The average Bonchev–Trinajstić information content (AvgIpc) is 3.16. The van der Waals surface area contributed by atoms with Crippen LogP contribution in [0.4, 0.5) is 10.5 Å². The third-order valence-corrected chi connectivity index (χ3v) is 6.97. The zero-order valence-electron chi connectivity index (χ0n) is 20.0. The summed E-state index contributed by atoms with van der Waals surface area (Å²) in [6.45, 7) is 2.27. The highest BCUT2D eigenvalue weighted by atomic mass is 79.9. The maximum absolute atomic E-state index is 13.0. The Balaban J connectivity index is 1.56. The number of halogens is 1. The number of nitrogens with zero attached hydrogens (tertiary/aromatic N) is 3. The van der Waals surface area contributed by atoms with Gasteiger partial charge in [0.25, 0.3) is 16.8 Å². The summed E-state index contributed by atoms with van der Waals surface area (Å²) >= 11 is 4.30. The third-order valence-electron chi connectivity index (χ3n) is 5.47. The van der Waals surface area contributed by atoms with Gasteiger partial charge in [0.1, 0.15) is 6.61 Å². The number of non-ortho nitro benzene ring substituents is 1. The van der Waals surface area contributed by atoms with Gasteiger partial charge in [0.2, 0.25) is 0 Å². The zero-order valence-corrected chi connectivity index (χ0v) is 22.5. The summed E-state index contributed by atoms with van der Waals surface area (Å²) in [6, 6.07) is 18.5. The molecule has 0 radical (unpaired) electrons. The highest BCUT2D eigenvalue weighted by molar-refractivity contribution is 9.10. The summed E-state index contributed by atoms with van der Waals surface area (Å²) in [4.78, 5) is 37.4. The normalized spacial score (nSPS) is 14.0. The van der Waals surface area contributed by atoms with E-state index < -0.39 is 16.1 Å². The lowest BCUT2D eigenvalue weighted by Crippen LogP contribution is -2.27. The van der Waals surface area contributed by atoms with Gasteiger partial charge in [-0.25, -0.2) is 0 Å². The first kappa shape index (κ1) is 26.9. The number of rotatable bonds is 9. The first-order chi connectivity index (χ1) is 18.3. The molecule has 1 aliphatic heterocycles. The molecule has 9 nitrogen and oxygen atoms in total. The van der Waals surface area contributed by atoms with Crippen molar-refractivity contribution in [2.75, 3.05) is 6.61 Å². The second-order valence-electron chi connectivity index (χ2n) is 8.02. The molecule has 11 heteroatoms. The summed E-state index contributed by atoms with van der Waals surface area (Å²) in [5, 5.41) is 19.9. The number of carbonyl (C=O) groups excluding carboxylic acids is 2. The molecular formula is C27H20BrN3O6S. The molecule has 0 aliphatic carbocycles. The Morgan fingerprint density at radius 3 is 2.66 bits per heavy atom. The maximum atomic E-state index is 13.0. The van der Waals surface area contributed by atoms with E-state index in [1.165, 1.54) is 18.2 Å². The minimum atomic E-state index is -0.527. The largest absolute Gasteiger partial charge is 0.490 e. The predicted molar refractivity (Wildman–Crippen MR) is 145 cm³/mol. The smallest absolute Gasteiger partial charge is 0.293 e. The van der Waals surface area contributed by atoms with Gasteiger partial charge in [-0.2, -0.15) is 5.26 Å². The van der Waals surface area contributed by atoms with Crippen LogP contribution in [0.15, 0.2) is 70.0 Å². The lowest BCUT2D eigenvalue weighted by Gasteiger charge is -2.15. The van der Waals surface area contributed by atoms with Crippen LogP contribution >= 0.6 is 27.7 Å². The van der Waals surface area contributed by atoms with Crippen molar-refractivity contribution < 1.29 is 24.0 Å². The molecule has 1 aliphatic rings. The molecule has 0 aromatic heterocycles. The lowest BCUT2D eigenvalue weighted by molar-refractivity contribution is -0.384. The third kappa shape index (κ3) is 6.04. The van der Waals surface area contributed by atoms with Crippen molar-refractivity contribution in [1.29, 1.82) is 5.26 Å². The standard InChI is InChI=1S/C27H20BrN3O6S/c1-2-36-23-12-18(11-22(28)25(23)37-16-20-8-4-3-7-19(20)14-29)13-24-26(32)30(27(33)38-24)15-17-6-5-9-21(10-17)31(34)35/h3-13H,2,15-16H2,1H3/b24-13+. The average molecular weight is 594 g/mol. The van der Waals surface area contributed by atoms with Gasteiger partial charge in [-0.3, -0.25) is 24.6 Å². The molecule has 0 unspecified atom stereocenters. The number of ether oxygens (including phenoxy) is 2. The minimum Gasteiger partial charge on any atom is -0.490 e. The second-order valence-corrected chi connectivity index (χ2v) is 9.86. The number of benzene rings is 3. The van der Waals surface area contributed by atoms with Gasteiger partial charge in [-0.05, 0) is 70.0 Å². The first-order valence-corrected chi connectivity index (χ1v) is 13.0. The van der Waals surface area contributed by atoms with Crippen LogP contribution in [-0.4, -0.2) is 27.6 Å². The maximum Gasteiger partial charge on any atom is 0.293 e. The summed E-state index contributed by atoms with van der Waals surface area (Å²) in [5.74, 6) is 0.378. The highest BCUT2D eigenvalue weighted by Gasteiger charge is 2.35. The van der Waals surface area contributed by atoms with E-state index in [1.54, 1.807) is 36.4 Å². The molecule has 0 atom stereocenters. The van der Waals surface area contributed by atoms with Crippen molar-refractivity contribution in [3.63, 3.8) is 0 Å². The number of imide groups is 1. The highest BCUT2D eigenvalue weighted by Crippen LogP contribution is 2.40. The molecule has 192 valence electrons. The van der Waals surface area contributed by atoms with Crippen LogP contribution in [0.3, 0.4) is 0 Å². The topological polar surface area (TPSA) is 123 Å². The number of thioether (sulfide) groups is 1. The van der Waals surface area contributed by atoms with Crippen LogP contribution in [0.25, 0.3) is 6.08 Å². The number of hydrogen-bond acceptors (Lipinski definition) is 8. The Bertz CT molecular complexity index is 1500. The number of amides is 2. The van der Waals surface area contributed by atoms with Crippen LogP contribution in [0.5, 0.6) is 11.5 Å². The summed E-state index contributed by atoms with van der Waals surface area (Å²) < 4.78 is 12.3. The molecule has 3 aromatic carbocycles. The van der Waals surface area contributed by atoms with Gasteiger partial charge in [-0.1, -0.05) is 30.3 Å². The fraction of sp³-hybridized carbons (Fsp3) is 0.148. The summed E-state index contributed by atoms with van der Waals surface area (Å²) in [5.41, 5.74) is 2.20. The molecule has 3 aromatic rings. The van der Waals surface area contributed by atoms with Crippen molar-refractivity contribution in [2.45, 2.75) is 20.1 Å². The molecule has 38 heavy (non-hydrogen) atoms.